The summed E-state index contributed by atoms with van der Waals surface area (Å²) in [5.74, 6) is -1.44. The van der Waals surface area contributed by atoms with Gasteiger partial charge in [0.1, 0.15) is 5.82 Å². The summed E-state index contributed by atoms with van der Waals surface area (Å²) in [6.07, 6.45) is 0. The molecule has 0 amide bonds. The van der Waals surface area contributed by atoms with E-state index >= 15 is 0 Å². The van der Waals surface area contributed by atoms with Crippen LogP contribution in [0.25, 0.3) is 0 Å². The molecule has 0 heterocycles. The number of hydrogen-bond donors (Lipinski definition) is 0. The van der Waals surface area contributed by atoms with Crippen molar-refractivity contribution in [2.24, 2.45) is 0 Å². The molecule has 0 bridgehead atoms. The van der Waals surface area contributed by atoms with Crippen LogP contribution in [0.5, 0.6) is 0 Å². The lowest BCUT2D eigenvalue weighted by atomic mass is 10.1. The van der Waals surface area contributed by atoms with Crippen LogP contribution >= 0.6 is 0 Å². The van der Waals surface area contributed by atoms with Gasteiger partial charge in [0.15, 0.2) is 0 Å². The zero-order valence-electron chi connectivity index (χ0n) is 7.80. The maximum Gasteiger partial charge on any atom is 0.340 e. The molecule has 0 saturated heterocycles. The van der Waals surface area contributed by atoms with Crippen molar-refractivity contribution < 1.29 is 13.9 Å². The van der Waals surface area contributed by atoms with Gasteiger partial charge in [-0.1, -0.05) is 0 Å². The molecule has 0 N–H and O–H groups in total. The fraction of sp³-hybridized carbons (Fsp3) is 0.200. The predicted octanol–water partition coefficient (Wildman–Crippen LogP) is 1.79. The van der Waals surface area contributed by atoms with Gasteiger partial charge >= 0.3 is 5.97 Å². The van der Waals surface area contributed by atoms with E-state index in [-0.39, 0.29) is 16.7 Å². The normalized spacial score (nSPS) is 9.29. The third-order valence-corrected chi connectivity index (χ3v) is 1.91. The SMILES string of the molecule is COC(=O)c1ccc(C#N)c(C)c1F. The summed E-state index contributed by atoms with van der Waals surface area (Å²) in [5, 5.41) is 8.60. The summed E-state index contributed by atoms with van der Waals surface area (Å²) in [6.45, 7) is 1.44. The van der Waals surface area contributed by atoms with Gasteiger partial charge in [-0.25, -0.2) is 9.18 Å². The number of hydrogen-bond acceptors (Lipinski definition) is 3. The number of halogens is 1. The minimum atomic E-state index is -0.741. The smallest absolute Gasteiger partial charge is 0.340 e. The molecular formula is C10H8FNO2. The standard InChI is InChI=1S/C10H8FNO2/c1-6-7(5-12)3-4-8(9(6)11)10(13)14-2/h3-4H,1-2H3. The quantitative estimate of drug-likeness (QED) is 0.639. The van der Waals surface area contributed by atoms with E-state index in [2.05, 4.69) is 4.74 Å². The lowest BCUT2D eigenvalue weighted by Gasteiger charge is -2.04. The lowest BCUT2D eigenvalue weighted by Crippen LogP contribution is -2.06. The Kier molecular flexibility index (Phi) is 2.82. The summed E-state index contributed by atoms with van der Waals surface area (Å²) in [4.78, 5) is 11.0. The lowest BCUT2D eigenvalue weighted by molar-refractivity contribution is 0.0595. The molecule has 0 aliphatic rings. The Morgan fingerprint density at radius 2 is 2.21 bits per heavy atom. The van der Waals surface area contributed by atoms with E-state index in [4.69, 9.17) is 5.26 Å². The molecule has 0 saturated carbocycles. The first kappa shape index (κ1) is 10.2. The van der Waals surface area contributed by atoms with Crippen molar-refractivity contribution in [3.63, 3.8) is 0 Å². The van der Waals surface area contributed by atoms with E-state index < -0.39 is 11.8 Å². The van der Waals surface area contributed by atoms with E-state index in [1.54, 1.807) is 0 Å². The summed E-state index contributed by atoms with van der Waals surface area (Å²) >= 11 is 0. The first-order valence-corrected chi connectivity index (χ1v) is 3.89. The topological polar surface area (TPSA) is 50.1 Å². The number of esters is 1. The highest BCUT2D eigenvalue weighted by Gasteiger charge is 2.15. The van der Waals surface area contributed by atoms with Gasteiger partial charge in [0, 0.05) is 5.56 Å². The molecule has 0 fully saturated rings. The zero-order chi connectivity index (χ0) is 10.7. The second kappa shape index (κ2) is 3.88. The molecule has 1 aromatic rings. The van der Waals surface area contributed by atoms with Crippen LogP contribution in [-0.4, -0.2) is 13.1 Å². The Bertz CT molecular complexity index is 421. The average Bonchev–Trinajstić information content (AvgIpc) is 2.21. The molecule has 0 spiro atoms. The summed E-state index contributed by atoms with van der Waals surface area (Å²) in [6, 6.07) is 4.46. The van der Waals surface area contributed by atoms with Crippen LogP contribution in [0.3, 0.4) is 0 Å². The van der Waals surface area contributed by atoms with Gasteiger partial charge in [0.2, 0.25) is 0 Å². The van der Waals surface area contributed by atoms with E-state index in [1.807, 2.05) is 6.07 Å². The number of benzene rings is 1. The first-order valence-electron chi connectivity index (χ1n) is 3.89. The van der Waals surface area contributed by atoms with Crippen molar-refractivity contribution in [1.82, 2.24) is 0 Å². The van der Waals surface area contributed by atoms with E-state index in [9.17, 15) is 9.18 Å². The van der Waals surface area contributed by atoms with Crippen LogP contribution in [0.1, 0.15) is 21.5 Å². The van der Waals surface area contributed by atoms with Gasteiger partial charge in [0.05, 0.1) is 24.3 Å². The second-order valence-corrected chi connectivity index (χ2v) is 2.70. The van der Waals surface area contributed by atoms with Crippen LogP contribution in [0.15, 0.2) is 12.1 Å². The molecule has 72 valence electrons. The van der Waals surface area contributed by atoms with Crippen LogP contribution in [0, 0.1) is 24.1 Å². The van der Waals surface area contributed by atoms with Crippen LogP contribution in [-0.2, 0) is 4.74 Å². The number of carbonyl (C=O) groups excluding carboxylic acids is 1. The average molecular weight is 193 g/mol. The van der Waals surface area contributed by atoms with E-state index in [1.165, 1.54) is 26.2 Å². The number of nitrogens with zero attached hydrogens (tertiary/aromatic N) is 1. The van der Waals surface area contributed by atoms with Gasteiger partial charge < -0.3 is 4.74 Å². The maximum atomic E-state index is 13.4. The second-order valence-electron chi connectivity index (χ2n) is 2.70. The van der Waals surface area contributed by atoms with E-state index in [0.29, 0.717) is 0 Å². The zero-order valence-corrected chi connectivity index (χ0v) is 7.80. The molecule has 0 aliphatic carbocycles. The fourth-order valence-corrected chi connectivity index (χ4v) is 1.07. The van der Waals surface area contributed by atoms with Crippen molar-refractivity contribution >= 4 is 5.97 Å². The number of carbonyl (C=O) groups is 1. The Hall–Kier alpha value is -1.89. The van der Waals surface area contributed by atoms with E-state index in [0.717, 1.165) is 0 Å². The highest BCUT2D eigenvalue weighted by molar-refractivity contribution is 5.90. The van der Waals surface area contributed by atoms with Gasteiger partial charge in [-0.2, -0.15) is 5.26 Å². The monoisotopic (exact) mass is 193 g/mol. The molecule has 0 atom stereocenters. The molecule has 0 unspecified atom stereocenters. The maximum absolute atomic E-state index is 13.4. The largest absolute Gasteiger partial charge is 0.465 e. The van der Waals surface area contributed by atoms with Gasteiger partial charge in [-0.3, -0.25) is 0 Å². The highest BCUT2D eigenvalue weighted by atomic mass is 19.1. The molecule has 3 nitrogen and oxygen atoms in total. The molecular weight excluding hydrogens is 185 g/mol. The Morgan fingerprint density at radius 3 is 2.71 bits per heavy atom. The van der Waals surface area contributed by atoms with Crippen LogP contribution in [0.4, 0.5) is 4.39 Å². The Balaban J connectivity index is 3.33. The summed E-state index contributed by atoms with van der Waals surface area (Å²) in [7, 11) is 1.18. The van der Waals surface area contributed by atoms with Crippen molar-refractivity contribution in [2.75, 3.05) is 7.11 Å². The fourth-order valence-electron chi connectivity index (χ4n) is 1.07. The molecule has 14 heavy (non-hydrogen) atoms. The summed E-state index contributed by atoms with van der Waals surface area (Å²) in [5.41, 5.74) is 0.231. The van der Waals surface area contributed by atoms with Crippen LogP contribution in [0.2, 0.25) is 0 Å². The van der Waals surface area contributed by atoms with Crippen molar-refractivity contribution in [1.29, 1.82) is 5.26 Å². The Morgan fingerprint density at radius 1 is 1.57 bits per heavy atom. The molecule has 1 aromatic carbocycles. The molecule has 0 aromatic heterocycles. The highest BCUT2D eigenvalue weighted by Crippen LogP contribution is 2.16. The van der Waals surface area contributed by atoms with Crippen LogP contribution < -0.4 is 0 Å². The van der Waals surface area contributed by atoms with Gasteiger partial charge in [-0.15, -0.1) is 0 Å². The van der Waals surface area contributed by atoms with Crippen molar-refractivity contribution in [3.8, 4) is 6.07 Å². The third kappa shape index (κ3) is 1.57. The molecule has 1 rings (SSSR count). The molecule has 0 aliphatic heterocycles. The minimum Gasteiger partial charge on any atom is -0.465 e. The van der Waals surface area contributed by atoms with Gasteiger partial charge in [0.25, 0.3) is 0 Å². The van der Waals surface area contributed by atoms with Crippen molar-refractivity contribution in [3.05, 3.63) is 34.6 Å². The van der Waals surface area contributed by atoms with Crippen molar-refractivity contribution in [2.45, 2.75) is 6.92 Å². The van der Waals surface area contributed by atoms with Gasteiger partial charge in [-0.05, 0) is 19.1 Å². The summed E-state index contributed by atoms with van der Waals surface area (Å²) < 4.78 is 17.8. The number of ether oxygens (including phenoxy) is 1. The predicted molar refractivity (Wildman–Crippen MR) is 47.2 cm³/mol. The number of nitriles is 1. The Labute approximate surface area is 80.7 Å². The number of methoxy groups -OCH3 is 1. The number of rotatable bonds is 1. The third-order valence-electron chi connectivity index (χ3n) is 1.91. The molecule has 4 heteroatoms. The first-order chi connectivity index (χ1) is 6.61. The minimum absolute atomic E-state index is 0.149. The molecule has 0 radical (unpaired) electrons.